The van der Waals surface area contributed by atoms with Crippen molar-refractivity contribution in [3.05, 3.63) is 0 Å². The van der Waals surface area contributed by atoms with E-state index < -0.39 is 0 Å². The third kappa shape index (κ3) is 3.74. The Bertz CT molecular complexity index is 193. The van der Waals surface area contributed by atoms with Crippen LogP contribution in [0.3, 0.4) is 0 Å². The first kappa shape index (κ1) is 11.1. The van der Waals surface area contributed by atoms with Crippen molar-refractivity contribution >= 4 is 15.0 Å². The first-order valence-electron chi connectivity index (χ1n) is 5.06. The lowest BCUT2D eigenvalue weighted by molar-refractivity contribution is 0.343. The Labute approximate surface area is 83.4 Å². The van der Waals surface area contributed by atoms with Crippen molar-refractivity contribution in [2.24, 2.45) is 10.9 Å². The normalized spacial score (nSPS) is 30.3. The molecule has 1 aliphatic heterocycles. The molecule has 0 bridgehead atoms. The highest BCUT2D eigenvalue weighted by Gasteiger charge is 2.39. The van der Waals surface area contributed by atoms with Crippen LogP contribution >= 0.6 is 9.24 Å². The maximum absolute atomic E-state index is 5.39. The van der Waals surface area contributed by atoms with Crippen LogP contribution in [0.1, 0.15) is 33.6 Å². The Hall–Kier alpha value is 0.0600. The van der Waals surface area contributed by atoms with Gasteiger partial charge in [0.1, 0.15) is 0 Å². The fraction of sp³-hybridized carbons (Fsp3) is 0.900. The monoisotopic (exact) mass is 201 g/mol. The summed E-state index contributed by atoms with van der Waals surface area (Å²) >= 11 is 0. The molecule has 1 heterocycles. The summed E-state index contributed by atoms with van der Waals surface area (Å²) in [5.74, 6) is 1.01. The molecule has 4 atom stereocenters. The summed E-state index contributed by atoms with van der Waals surface area (Å²) in [7, 11) is 2.71. The van der Waals surface area contributed by atoms with Gasteiger partial charge in [-0.15, -0.1) is 9.24 Å². The third-order valence-electron chi connectivity index (χ3n) is 2.35. The van der Waals surface area contributed by atoms with E-state index in [1.807, 2.05) is 0 Å². The molecule has 2 nitrogen and oxygen atoms in total. The van der Waals surface area contributed by atoms with Crippen molar-refractivity contribution in [3.8, 4) is 0 Å². The summed E-state index contributed by atoms with van der Waals surface area (Å²) < 4.78 is 5.39. The second-order valence-electron chi connectivity index (χ2n) is 3.86. The van der Waals surface area contributed by atoms with Crippen LogP contribution in [-0.2, 0) is 4.74 Å². The van der Waals surface area contributed by atoms with Gasteiger partial charge in [-0.05, 0) is 25.7 Å². The second-order valence-corrected chi connectivity index (χ2v) is 4.52. The molecular weight excluding hydrogens is 181 g/mol. The Balaban J connectivity index is 2.23. The van der Waals surface area contributed by atoms with Crippen molar-refractivity contribution < 1.29 is 4.74 Å². The molecule has 0 amide bonds. The lowest BCUT2D eigenvalue weighted by Gasteiger charge is -2.07. The standard InChI is InChI=1S/C10H20NOP/c1-4-5-11-8(3)6-7(2)9-10(13)12-9/h7,9-10H,4-6,13H2,1-3H3/b11-8-. The van der Waals surface area contributed by atoms with Crippen LogP contribution < -0.4 is 0 Å². The lowest BCUT2D eigenvalue weighted by Crippen LogP contribution is -2.09. The molecule has 0 spiro atoms. The second kappa shape index (κ2) is 5.07. The van der Waals surface area contributed by atoms with Crippen LogP contribution in [-0.4, -0.2) is 24.2 Å². The summed E-state index contributed by atoms with van der Waals surface area (Å²) in [6.07, 6.45) is 2.67. The third-order valence-corrected chi connectivity index (χ3v) is 2.88. The van der Waals surface area contributed by atoms with Gasteiger partial charge in [0.05, 0.1) is 11.9 Å². The maximum Gasteiger partial charge on any atom is 0.0976 e. The number of hydrogen-bond donors (Lipinski definition) is 0. The smallest absolute Gasteiger partial charge is 0.0976 e. The molecule has 0 radical (unpaired) electrons. The summed E-state index contributed by atoms with van der Waals surface area (Å²) in [5.41, 5.74) is 1.27. The molecule has 0 aromatic carbocycles. The molecule has 1 fully saturated rings. The summed E-state index contributed by atoms with van der Waals surface area (Å²) in [4.78, 5) is 4.47. The van der Waals surface area contributed by atoms with Gasteiger partial charge in [0.25, 0.3) is 0 Å². The maximum atomic E-state index is 5.39. The molecule has 76 valence electrons. The van der Waals surface area contributed by atoms with E-state index in [1.165, 1.54) is 5.71 Å². The van der Waals surface area contributed by atoms with Gasteiger partial charge in [0.15, 0.2) is 0 Å². The Kier molecular flexibility index (Phi) is 4.34. The summed E-state index contributed by atoms with van der Waals surface area (Å²) in [6.45, 7) is 7.48. The molecule has 0 aromatic rings. The van der Waals surface area contributed by atoms with Crippen LogP contribution in [0.25, 0.3) is 0 Å². The van der Waals surface area contributed by atoms with Gasteiger partial charge in [0, 0.05) is 12.3 Å². The van der Waals surface area contributed by atoms with Gasteiger partial charge in [-0.25, -0.2) is 0 Å². The van der Waals surface area contributed by atoms with Crippen molar-refractivity contribution in [1.82, 2.24) is 0 Å². The predicted octanol–water partition coefficient (Wildman–Crippen LogP) is 2.48. The molecule has 1 rings (SSSR count). The van der Waals surface area contributed by atoms with E-state index in [-0.39, 0.29) is 0 Å². The van der Waals surface area contributed by atoms with Gasteiger partial charge >= 0.3 is 0 Å². The summed E-state index contributed by atoms with van der Waals surface area (Å²) in [6, 6.07) is 0. The number of ether oxygens (including phenoxy) is 1. The number of rotatable bonds is 5. The zero-order chi connectivity index (χ0) is 9.84. The molecule has 1 aliphatic rings. The van der Waals surface area contributed by atoms with Gasteiger partial charge < -0.3 is 4.74 Å². The van der Waals surface area contributed by atoms with Crippen LogP contribution in [0.5, 0.6) is 0 Å². The van der Waals surface area contributed by atoms with E-state index in [4.69, 9.17) is 4.74 Å². The number of nitrogens with zero attached hydrogens (tertiary/aromatic N) is 1. The topological polar surface area (TPSA) is 24.9 Å². The van der Waals surface area contributed by atoms with Crippen LogP contribution in [0.15, 0.2) is 4.99 Å². The Morgan fingerprint density at radius 1 is 1.62 bits per heavy atom. The van der Waals surface area contributed by atoms with Crippen LogP contribution in [0, 0.1) is 5.92 Å². The van der Waals surface area contributed by atoms with Crippen molar-refractivity contribution in [3.63, 3.8) is 0 Å². The molecule has 0 aliphatic carbocycles. The van der Waals surface area contributed by atoms with Gasteiger partial charge in [-0.3, -0.25) is 4.99 Å². The van der Waals surface area contributed by atoms with E-state index >= 15 is 0 Å². The minimum atomic E-state index is 0.397. The van der Waals surface area contributed by atoms with Crippen molar-refractivity contribution in [2.75, 3.05) is 6.54 Å². The Morgan fingerprint density at radius 3 is 2.69 bits per heavy atom. The SMILES string of the molecule is CCC/N=C(/C)CC(C)C1OC1P. The van der Waals surface area contributed by atoms with E-state index in [2.05, 4.69) is 35.0 Å². The molecule has 0 aromatic heterocycles. The Morgan fingerprint density at radius 2 is 2.23 bits per heavy atom. The molecule has 13 heavy (non-hydrogen) atoms. The molecular formula is C10H20NOP. The highest BCUT2D eigenvalue weighted by atomic mass is 31.0. The molecule has 1 saturated heterocycles. The number of aliphatic imine (C=N–C) groups is 1. The fourth-order valence-electron chi connectivity index (χ4n) is 1.54. The lowest BCUT2D eigenvalue weighted by atomic mass is 10.0. The van der Waals surface area contributed by atoms with Crippen LogP contribution in [0.4, 0.5) is 0 Å². The molecule has 4 unspecified atom stereocenters. The highest BCUT2D eigenvalue weighted by molar-refractivity contribution is 7.17. The van der Waals surface area contributed by atoms with E-state index in [1.54, 1.807) is 0 Å². The quantitative estimate of drug-likeness (QED) is 0.381. The van der Waals surface area contributed by atoms with Crippen molar-refractivity contribution in [1.29, 1.82) is 0 Å². The van der Waals surface area contributed by atoms with Crippen molar-refractivity contribution in [2.45, 2.75) is 45.6 Å². The molecule has 0 N–H and O–H groups in total. The first-order chi connectivity index (χ1) is 6.15. The zero-order valence-electron chi connectivity index (χ0n) is 8.79. The zero-order valence-corrected chi connectivity index (χ0v) is 9.94. The first-order valence-corrected chi connectivity index (χ1v) is 5.72. The van der Waals surface area contributed by atoms with Gasteiger partial charge in [-0.2, -0.15) is 0 Å². The average Bonchev–Trinajstić information content (AvgIpc) is 2.79. The summed E-state index contributed by atoms with van der Waals surface area (Å²) in [5, 5.41) is 0. The molecule has 3 heteroatoms. The van der Waals surface area contributed by atoms with E-state index in [0.29, 0.717) is 17.9 Å². The number of hydrogen-bond acceptors (Lipinski definition) is 2. The van der Waals surface area contributed by atoms with E-state index in [0.717, 1.165) is 19.4 Å². The highest BCUT2D eigenvalue weighted by Crippen LogP contribution is 2.35. The fourth-order valence-corrected chi connectivity index (χ4v) is 2.10. The minimum absolute atomic E-state index is 0.397. The largest absolute Gasteiger partial charge is 0.365 e. The minimum Gasteiger partial charge on any atom is -0.365 e. The van der Waals surface area contributed by atoms with Gasteiger partial charge in [0.2, 0.25) is 0 Å². The average molecular weight is 201 g/mol. The number of epoxide rings is 1. The predicted molar refractivity (Wildman–Crippen MR) is 60.4 cm³/mol. The van der Waals surface area contributed by atoms with Crippen LogP contribution in [0.2, 0.25) is 0 Å². The molecule has 0 saturated carbocycles. The van der Waals surface area contributed by atoms with E-state index in [9.17, 15) is 0 Å². The van der Waals surface area contributed by atoms with Gasteiger partial charge in [-0.1, -0.05) is 13.8 Å².